The van der Waals surface area contributed by atoms with E-state index in [1.807, 2.05) is 18.2 Å². The summed E-state index contributed by atoms with van der Waals surface area (Å²) in [5, 5.41) is 2.93. The fraction of sp³-hybridized carbons (Fsp3) is 0.417. The maximum Gasteiger partial charge on any atom is 0.342 e. The van der Waals surface area contributed by atoms with Crippen molar-refractivity contribution in [2.75, 3.05) is 33.3 Å². The Morgan fingerprint density at radius 1 is 0.839 bits per heavy atom. The number of hydrogen-bond acceptors (Lipinski definition) is 6. The van der Waals surface area contributed by atoms with Crippen molar-refractivity contribution in [3.05, 3.63) is 47.0 Å². The van der Waals surface area contributed by atoms with Gasteiger partial charge in [0.25, 0.3) is 5.91 Å². The van der Waals surface area contributed by atoms with Crippen molar-refractivity contribution in [2.24, 2.45) is 0 Å². The van der Waals surface area contributed by atoms with Gasteiger partial charge in [-0.2, -0.15) is 0 Å². The van der Waals surface area contributed by atoms with Crippen LogP contribution in [0.2, 0.25) is 0 Å². The molecule has 2 aromatic rings. The number of nitrogens with one attached hydrogen (secondary N) is 1. The van der Waals surface area contributed by atoms with Crippen LogP contribution in [-0.2, 0) is 9.53 Å². The van der Waals surface area contributed by atoms with Crippen LogP contribution in [0.3, 0.4) is 0 Å². The molecule has 0 saturated heterocycles. The number of benzene rings is 2. The average molecular weight is 430 g/mol. The van der Waals surface area contributed by atoms with Crippen LogP contribution in [0.5, 0.6) is 17.2 Å². The summed E-state index contributed by atoms with van der Waals surface area (Å²) in [6.07, 6.45) is 0. The number of carbonyl (C=O) groups is 2. The molecule has 0 spiro atoms. The second-order valence-corrected chi connectivity index (χ2v) is 7.65. The molecule has 2 rings (SSSR count). The lowest BCUT2D eigenvalue weighted by Crippen LogP contribution is -2.23. The first-order valence-corrected chi connectivity index (χ1v) is 10.1. The minimum atomic E-state index is -0.700. The fourth-order valence-corrected chi connectivity index (χ4v) is 3.27. The fourth-order valence-electron chi connectivity index (χ4n) is 3.27. The van der Waals surface area contributed by atoms with Crippen molar-refractivity contribution in [2.45, 2.75) is 39.5 Å². The second kappa shape index (κ2) is 10.7. The summed E-state index contributed by atoms with van der Waals surface area (Å²) in [6, 6.07) is 8.97. The normalized spacial score (nSPS) is 10.7. The molecule has 7 nitrogen and oxygen atoms in total. The summed E-state index contributed by atoms with van der Waals surface area (Å²) < 4.78 is 21.0. The third-order valence-electron chi connectivity index (χ3n) is 4.90. The summed E-state index contributed by atoms with van der Waals surface area (Å²) in [4.78, 5) is 25.2. The van der Waals surface area contributed by atoms with Crippen LogP contribution in [0.1, 0.15) is 61.0 Å². The van der Waals surface area contributed by atoms with Gasteiger partial charge in [-0.05, 0) is 23.0 Å². The Labute approximate surface area is 183 Å². The van der Waals surface area contributed by atoms with Crippen molar-refractivity contribution in [3.63, 3.8) is 0 Å². The van der Waals surface area contributed by atoms with E-state index in [0.717, 1.165) is 16.8 Å². The molecule has 31 heavy (non-hydrogen) atoms. The van der Waals surface area contributed by atoms with Gasteiger partial charge in [-0.15, -0.1) is 0 Å². The quantitative estimate of drug-likeness (QED) is 0.579. The molecule has 0 saturated carbocycles. The zero-order chi connectivity index (χ0) is 23.1. The van der Waals surface area contributed by atoms with E-state index >= 15 is 0 Å². The SMILES string of the molecule is COc1cc(OC)c(C(=O)OCC(=O)Nc2c(C(C)C)cccc2C(C)C)cc1OC. The molecular formula is C24H31NO6. The first kappa shape index (κ1) is 24.1. The van der Waals surface area contributed by atoms with Gasteiger partial charge in [-0.1, -0.05) is 45.9 Å². The smallest absolute Gasteiger partial charge is 0.342 e. The number of rotatable bonds is 9. The minimum Gasteiger partial charge on any atom is -0.496 e. The van der Waals surface area contributed by atoms with Crippen LogP contribution in [0.4, 0.5) is 5.69 Å². The summed E-state index contributed by atoms with van der Waals surface area (Å²) in [5.74, 6) is 0.375. The Balaban J connectivity index is 2.18. The van der Waals surface area contributed by atoms with Gasteiger partial charge in [0.05, 0.1) is 21.3 Å². The lowest BCUT2D eigenvalue weighted by atomic mass is 9.92. The second-order valence-electron chi connectivity index (χ2n) is 7.65. The van der Waals surface area contributed by atoms with Crippen LogP contribution in [-0.4, -0.2) is 39.8 Å². The maximum absolute atomic E-state index is 12.6. The van der Waals surface area contributed by atoms with Crippen molar-refractivity contribution in [1.82, 2.24) is 0 Å². The molecule has 0 bridgehead atoms. The monoisotopic (exact) mass is 429 g/mol. The van der Waals surface area contributed by atoms with Crippen LogP contribution in [0.15, 0.2) is 30.3 Å². The van der Waals surface area contributed by atoms with Gasteiger partial charge in [0.2, 0.25) is 0 Å². The van der Waals surface area contributed by atoms with Gasteiger partial charge in [0.15, 0.2) is 18.1 Å². The van der Waals surface area contributed by atoms with E-state index < -0.39 is 18.5 Å². The number of ether oxygens (including phenoxy) is 4. The third-order valence-corrected chi connectivity index (χ3v) is 4.90. The molecule has 0 unspecified atom stereocenters. The minimum absolute atomic E-state index is 0.137. The zero-order valence-electron chi connectivity index (χ0n) is 19.2. The zero-order valence-corrected chi connectivity index (χ0v) is 19.2. The lowest BCUT2D eigenvalue weighted by molar-refractivity contribution is -0.119. The standard InChI is InChI=1S/C24H31NO6/c1-14(2)16-9-8-10-17(15(3)4)23(16)25-22(26)13-31-24(27)18-11-20(29-6)21(30-7)12-19(18)28-5/h8-12,14-15H,13H2,1-7H3,(H,25,26). The van der Waals surface area contributed by atoms with Crippen LogP contribution in [0, 0.1) is 0 Å². The maximum atomic E-state index is 12.6. The Morgan fingerprint density at radius 2 is 1.35 bits per heavy atom. The van der Waals surface area contributed by atoms with E-state index in [9.17, 15) is 9.59 Å². The number of carbonyl (C=O) groups excluding carboxylic acids is 2. The highest BCUT2D eigenvalue weighted by atomic mass is 16.5. The highest BCUT2D eigenvalue weighted by molar-refractivity contribution is 5.98. The van der Waals surface area contributed by atoms with Crippen molar-refractivity contribution in [1.29, 1.82) is 0 Å². The molecule has 0 radical (unpaired) electrons. The predicted octanol–water partition coefficient (Wildman–Crippen LogP) is 4.75. The number of esters is 1. The van der Waals surface area contributed by atoms with Gasteiger partial charge in [0.1, 0.15) is 11.3 Å². The summed E-state index contributed by atoms with van der Waals surface area (Å²) in [5.41, 5.74) is 2.98. The van der Waals surface area contributed by atoms with Gasteiger partial charge in [0, 0.05) is 17.8 Å². The first-order valence-electron chi connectivity index (χ1n) is 10.1. The van der Waals surface area contributed by atoms with Crippen molar-refractivity contribution < 1.29 is 28.5 Å². The molecule has 2 aromatic carbocycles. The van der Waals surface area contributed by atoms with Crippen LogP contribution in [0.25, 0.3) is 0 Å². The van der Waals surface area contributed by atoms with E-state index in [0.29, 0.717) is 11.5 Å². The molecule has 0 aliphatic heterocycles. The Morgan fingerprint density at radius 3 is 1.84 bits per heavy atom. The van der Waals surface area contributed by atoms with Crippen molar-refractivity contribution in [3.8, 4) is 17.2 Å². The van der Waals surface area contributed by atoms with E-state index in [1.165, 1.54) is 33.5 Å². The van der Waals surface area contributed by atoms with E-state index in [1.54, 1.807) is 0 Å². The highest BCUT2D eigenvalue weighted by Crippen LogP contribution is 2.35. The van der Waals surface area contributed by atoms with E-state index in [2.05, 4.69) is 33.0 Å². The van der Waals surface area contributed by atoms with Gasteiger partial charge in [-0.25, -0.2) is 4.79 Å². The number of methoxy groups -OCH3 is 3. The molecule has 0 fully saturated rings. The Bertz CT molecular complexity index is 910. The molecule has 1 N–H and O–H groups in total. The summed E-state index contributed by atoms with van der Waals surface area (Å²) in [7, 11) is 4.38. The Hall–Kier alpha value is -3.22. The lowest BCUT2D eigenvalue weighted by Gasteiger charge is -2.20. The number of anilines is 1. The molecule has 1 amide bonds. The van der Waals surface area contributed by atoms with Gasteiger partial charge in [-0.3, -0.25) is 4.79 Å². The molecule has 0 aliphatic rings. The van der Waals surface area contributed by atoms with E-state index in [-0.39, 0.29) is 23.1 Å². The Kier molecular flexibility index (Phi) is 8.30. The predicted molar refractivity (Wildman–Crippen MR) is 120 cm³/mol. The third kappa shape index (κ3) is 5.69. The molecule has 0 aromatic heterocycles. The van der Waals surface area contributed by atoms with Gasteiger partial charge < -0.3 is 24.3 Å². The number of hydrogen-bond donors (Lipinski definition) is 1. The summed E-state index contributed by atoms with van der Waals surface area (Å²) in [6.45, 7) is 7.84. The molecule has 0 heterocycles. The molecule has 7 heteroatoms. The highest BCUT2D eigenvalue weighted by Gasteiger charge is 2.21. The van der Waals surface area contributed by atoms with Gasteiger partial charge >= 0.3 is 5.97 Å². The van der Waals surface area contributed by atoms with E-state index in [4.69, 9.17) is 18.9 Å². The average Bonchev–Trinajstić information content (AvgIpc) is 2.76. The van der Waals surface area contributed by atoms with Crippen LogP contribution < -0.4 is 19.5 Å². The van der Waals surface area contributed by atoms with Crippen LogP contribution >= 0.6 is 0 Å². The van der Waals surface area contributed by atoms with Crippen molar-refractivity contribution >= 4 is 17.6 Å². The first-order chi connectivity index (χ1) is 14.7. The molecule has 0 aliphatic carbocycles. The molecular weight excluding hydrogens is 398 g/mol. The molecule has 0 atom stereocenters. The summed E-state index contributed by atoms with van der Waals surface area (Å²) >= 11 is 0. The largest absolute Gasteiger partial charge is 0.496 e. The topological polar surface area (TPSA) is 83.1 Å². The number of para-hydroxylation sites is 1. The number of amides is 1. The molecule has 168 valence electrons.